The normalized spacial score (nSPS) is 11.1. The number of carbonyl (C=O) groups is 2. The number of nitrogens with one attached hydrogen (secondary N) is 1. The summed E-state index contributed by atoms with van der Waals surface area (Å²) < 4.78 is 27.4. The molecule has 0 spiro atoms. The second kappa shape index (κ2) is 8.79. The maximum atomic E-state index is 12.5. The van der Waals surface area contributed by atoms with Crippen LogP contribution in [0.2, 0.25) is 0 Å². The van der Waals surface area contributed by atoms with E-state index in [0.29, 0.717) is 18.5 Å². The summed E-state index contributed by atoms with van der Waals surface area (Å²) in [5, 5.41) is 18.0. The fourth-order valence-corrected chi connectivity index (χ4v) is 3.94. The average molecular weight is 425 g/mol. The molecule has 0 heterocycles. The van der Waals surface area contributed by atoms with E-state index in [4.69, 9.17) is 10.2 Å². The minimum absolute atomic E-state index is 0.00666. The number of hydrogen-bond acceptors (Lipinski definition) is 4. The Kier molecular flexibility index (Phi) is 6.17. The third kappa shape index (κ3) is 5.24. The van der Waals surface area contributed by atoms with Gasteiger partial charge in [0.2, 0.25) is 0 Å². The van der Waals surface area contributed by atoms with E-state index < -0.39 is 22.0 Å². The zero-order valence-electron chi connectivity index (χ0n) is 15.8. The van der Waals surface area contributed by atoms with Crippen LogP contribution in [0.3, 0.4) is 0 Å². The highest BCUT2D eigenvalue weighted by atomic mass is 32.2. The lowest BCUT2D eigenvalue weighted by molar-refractivity contribution is 0.0686. The molecule has 0 atom stereocenters. The molecule has 0 fully saturated rings. The molecule has 30 heavy (non-hydrogen) atoms. The van der Waals surface area contributed by atoms with Crippen molar-refractivity contribution in [2.75, 3.05) is 4.72 Å². The van der Waals surface area contributed by atoms with Crippen molar-refractivity contribution in [2.45, 2.75) is 17.7 Å². The number of benzene rings is 3. The molecule has 0 unspecified atom stereocenters. The summed E-state index contributed by atoms with van der Waals surface area (Å²) in [5.74, 6) is -2.09. The molecule has 0 aromatic heterocycles. The highest BCUT2D eigenvalue weighted by Crippen LogP contribution is 2.18. The second-order valence-corrected chi connectivity index (χ2v) is 8.32. The summed E-state index contributed by atoms with van der Waals surface area (Å²) in [6.07, 6.45) is 1.33. The zero-order chi connectivity index (χ0) is 21.7. The summed E-state index contributed by atoms with van der Waals surface area (Å²) >= 11 is 0. The fourth-order valence-electron chi connectivity index (χ4n) is 2.88. The molecule has 0 bridgehead atoms. The number of aryl methyl sites for hydroxylation is 2. The third-order valence-corrected chi connectivity index (χ3v) is 5.89. The van der Waals surface area contributed by atoms with Crippen molar-refractivity contribution in [3.05, 3.63) is 95.1 Å². The maximum absolute atomic E-state index is 12.5. The van der Waals surface area contributed by atoms with Gasteiger partial charge >= 0.3 is 11.9 Å². The van der Waals surface area contributed by atoms with Gasteiger partial charge in [-0.15, -0.1) is 0 Å². The van der Waals surface area contributed by atoms with E-state index in [1.54, 1.807) is 42.5 Å². The molecule has 0 saturated carbocycles. The zero-order valence-corrected chi connectivity index (χ0v) is 16.6. The molecule has 8 heteroatoms. The standard InChI is InChI=1S/C22H19NO6S/c24-21(25)17-8-12-20(13-9-17)30(28,29)23-19-10-6-15(7-11-19)4-5-16-2-1-3-18(14-16)22(26)27/h1-3,6-14,23H,4-5H2,(H,24,25)(H,26,27). The molecular weight excluding hydrogens is 406 g/mol. The second-order valence-electron chi connectivity index (χ2n) is 6.64. The number of anilines is 1. The summed E-state index contributed by atoms with van der Waals surface area (Å²) in [6.45, 7) is 0. The molecule has 0 radical (unpaired) electrons. The van der Waals surface area contributed by atoms with E-state index in [1.807, 2.05) is 6.07 Å². The lowest BCUT2D eigenvalue weighted by Gasteiger charge is -2.09. The average Bonchev–Trinajstić information content (AvgIpc) is 2.73. The first-order valence-corrected chi connectivity index (χ1v) is 10.5. The lowest BCUT2D eigenvalue weighted by atomic mass is 10.0. The molecule has 3 aromatic carbocycles. The number of carboxylic acid groups (broad SMARTS) is 2. The van der Waals surface area contributed by atoms with Gasteiger partial charge in [0.1, 0.15) is 0 Å². The van der Waals surface area contributed by atoms with Crippen molar-refractivity contribution in [2.24, 2.45) is 0 Å². The lowest BCUT2D eigenvalue weighted by Crippen LogP contribution is -2.13. The maximum Gasteiger partial charge on any atom is 0.335 e. The summed E-state index contributed by atoms with van der Waals surface area (Å²) in [4.78, 5) is 21.9. The van der Waals surface area contributed by atoms with Crippen LogP contribution in [0, 0.1) is 0 Å². The van der Waals surface area contributed by atoms with Gasteiger partial charge in [-0.3, -0.25) is 4.72 Å². The molecule has 7 nitrogen and oxygen atoms in total. The summed E-state index contributed by atoms with van der Waals surface area (Å²) in [5.41, 5.74) is 2.52. The Balaban J connectivity index is 1.64. The third-order valence-electron chi connectivity index (χ3n) is 4.49. The largest absolute Gasteiger partial charge is 0.478 e. The Hall–Kier alpha value is -3.65. The van der Waals surface area contributed by atoms with Gasteiger partial charge in [0.05, 0.1) is 16.0 Å². The highest BCUT2D eigenvalue weighted by Gasteiger charge is 2.15. The molecule has 0 amide bonds. The predicted molar refractivity (Wildman–Crippen MR) is 111 cm³/mol. The Bertz CT molecular complexity index is 1170. The van der Waals surface area contributed by atoms with E-state index in [1.165, 1.54) is 24.3 Å². The number of aromatic carboxylic acids is 2. The van der Waals surface area contributed by atoms with Crippen molar-refractivity contribution >= 4 is 27.6 Å². The van der Waals surface area contributed by atoms with Gasteiger partial charge in [-0.2, -0.15) is 0 Å². The fraction of sp³-hybridized carbons (Fsp3) is 0.0909. The summed E-state index contributed by atoms with van der Waals surface area (Å²) in [7, 11) is -3.84. The van der Waals surface area contributed by atoms with Crippen LogP contribution >= 0.6 is 0 Å². The number of carboxylic acids is 2. The predicted octanol–water partition coefficient (Wildman–Crippen LogP) is 3.67. The van der Waals surface area contributed by atoms with Crippen molar-refractivity contribution in [1.82, 2.24) is 0 Å². The highest BCUT2D eigenvalue weighted by molar-refractivity contribution is 7.92. The van der Waals surface area contributed by atoms with Crippen molar-refractivity contribution in [3.63, 3.8) is 0 Å². The molecule has 154 valence electrons. The molecule has 3 rings (SSSR count). The Morgan fingerprint density at radius 1 is 0.733 bits per heavy atom. The topological polar surface area (TPSA) is 121 Å². The van der Waals surface area contributed by atoms with Crippen LogP contribution in [-0.2, 0) is 22.9 Å². The molecule has 0 aliphatic heterocycles. The Morgan fingerprint density at radius 2 is 1.33 bits per heavy atom. The first kappa shape index (κ1) is 21.1. The van der Waals surface area contributed by atoms with E-state index >= 15 is 0 Å². The number of rotatable bonds is 8. The Morgan fingerprint density at radius 3 is 1.93 bits per heavy atom. The van der Waals surface area contributed by atoms with Crippen LogP contribution in [0.4, 0.5) is 5.69 Å². The van der Waals surface area contributed by atoms with Gasteiger partial charge in [-0.25, -0.2) is 18.0 Å². The number of sulfonamides is 1. The first-order chi connectivity index (χ1) is 14.2. The van der Waals surface area contributed by atoms with Gasteiger partial charge in [-0.1, -0.05) is 24.3 Å². The van der Waals surface area contributed by atoms with E-state index in [2.05, 4.69) is 4.72 Å². The van der Waals surface area contributed by atoms with E-state index in [9.17, 15) is 18.0 Å². The van der Waals surface area contributed by atoms with E-state index in [0.717, 1.165) is 11.1 Å². The van der Waals surface area contributed by atoms with Crippen LogP contribution in [0.1, 0.15) is 31.8 Å². The molecule has 0 aliphatic rings. The molecule has 3 aromatic rings. The monoisotopic (exact) mass is 425 g/mol. The van der Waals surface area contributed by atoms with Gasteiger partial charge in [0.15, 0.2) is 0 Å². The van der Waals surface area contributed by atoms with E-state index in [-0.39, 0.29) is 16.0 Å². The van der Waals surface area contributed by atoms with Gasteiger partial charge in [0, 0.05) is 5.69 Å². The van der Waals surface area contributed by atoms with Crippen LogP contribution in [-0.4, -0.2) is 30.6 Å². The smallest absolute Gasteiger partial charge is 0.335 e. The van der Waals surface area contributed by atoms with Gasteiger partial charge < -0.3 is 10.2 Å². The van der Waals surface area contributed by atoms with Crippen LogP contribution in [0.5, 0.6) is 0 Å². The Labute approximate surface area is 173 Å². The molecule has 0 aliphatic carbocycles. The SMILES string of the molecule is O=C(O)c1ccc(S(=O)(=O)Nc2ccc(CCc3cccc(C(=O)O)c3)cc2)cc1. The van der Waals surface area contributed by atoms with Crippen molar-refractivity contribution in [1.29, 1.82) is 0 Å². The minimum Gasteiger partial charge on any atom is -0.478 e. The van der Waals surface area contributed by atoms with Gasteiger partial charge in [-0.05, 0) is 72.5 Å². The van der Waals surface area contributed by atoms with Crippen molar-refractivity contribution < 1.29 is 28.2 Å². The van der Waals surface area contributed by atoms with Crippen LogP contribution < -0.4 is 4.72 Å². The first-order valence-electron chi connectivity index (χ1n) is 9.02. The van der Waals surface area contributed by atoms with Gasteiger partial charge in [0.25, 0.3) is 10.0 Å². The molecular formula is C22H19NO6S. The minimum atomic E-state index is -3.84. The quantitative estimate of drug-likeness (QED) is 0.506. The van der Waals surface area contributed by atoms with Crippen LogP contribution in [0.15, 0.2) is 77.7 Å². The number of hydrogen-bond donors (Lipinski definition) is 3. The van der Waals surface area contributed by atoms with Crippen molar-refractivity contribution in [3.8, 4) is 0 Å². The molecule has 3 N–H and O–H groups in total. The summed E-state index contributed by atoms with van der Waals surface area (Å²) in [6, 6.07) is 18.6. The molecule has 0 saturated heterocycles. The van der Waals surface area contributed by atoms with Crippen LogP contribution in [0.25, 0.3) is 0 Å².